The molecule has 1 aromatic carbocycles. The standard InChI is InChI=1S/C15H18N4O/c16-15-13(14(20)11-5-4-8-17-9-11)10-18-19(15)12-6-2-1-3-7-12/h1-3,6-7,10-11,17H,4-5,8-9,16H2/t11-/m0/s1. The fourth-order valence-corrected chi connectivity index (χ4v) is 2.62. The molecule has 5 heteroatoms. The molecule has 104 valence electrons. The molecule has 0 saturated carbocycles. The second-order valence-corrected chi connectivity index (χ2v) is 5.10. The van der Waals surface area contributed by atoms with E-state index in [1.165, 1.54) is 0 Å². The molecule has 2 aromatic rings. The Morgan fingerprint density at radius 1 is 1.35 bits per heavy atom. The summed E-state index contributed by atoms with van der Waals surface area (Å²) in [5.74, 6) is 0.531. The van der Waals surface area contributed by atoms with Crippen molar-refractivity contribution in [3.8, 4) is 5.69 Å². The second-order valence-electron chi connectivity index (χ2n) is 5.10. The molecule has 0 aliphatic carbocycles. The van der Waals surface area contributed by atoms with Gasteiger partial charge in [0.2, 0.25) is 0 Å². The molecule has 0 amide bonds. The smallest absolute Gasteiger partial charge is 0.172 e. The van der Waals surface area contributed by atoms with Crippen molar-refractivity contribution in [3.63, 3.8) is 0 Å². The summed E-state index contributed by atoms with van der Waals surface area (Å²) in [5, 5.41) is 7.51. The van der Waals surface area contributed by atoms with Crippen LogP contribution in [0.4, 0.5) is 5.82 Å². The van der Waals surface area contributed by atoms with Gasteiger partial charge in [-0.2, -0.15) is 5.10 Å². The van der Waals surface area contributed by atoms with E-state index >= 15 is 0 Å². The number of Topliss-reactive ketones (excluding diaryl/α,β-unsaturated/α-hetero) is 1. The zero-order chi connectivity index (χ0) is 13.9. The summed E-state index contributed by atoms with van der Waals surface area (Å²) < 4.78 is 1.61. The maximum Gasteiger partial charge on any atom is 0.172 e. The number of hydrogen-bond acceptors (Lipinski definition) is 4. The summed E-state index contributed by atoms with van der Waals surface area (Å²) in [6.45, 7) is 1.72. The van der Waals surface area contributed by atoms with Crippen molar-refractivity contribution in [1.82, 2.24) is 15.1 Å². The van der Waals surface area contributed by atoms with E-state index in [0.717, 1.165) is 31.6 Å². The number of carbonyl (C=O) groups excluding carboxylic acids is 1. The quantitative estimate of drug-likeness (QED) is 0.832. The Morgan fingerprint density at radius 2 is 2.15 bits per heavy atom. The minimum atomic E-state index is 0.0134. The third-order valence-electron chi connectivity index (χ3n) is 3.74. The molecule has 5 nitrogen and oxygen atoms in total. The van der Waals surface area contributed by atoms with Crippen LogP contribution in [0.5, 0.6) is 0 Å². The van der Waals surface area contributed by atoms with Crippen LogP contribution in [-0.2, 0) is 0 Å². The first kappa shape index (κ1) is 12.9. The molecule has 1 atom stereocenters. The molecule has 20 heavy (non-hydrogen) atoms. The van der Waals surface area contributed by atoms with Gasteiger partial charge in [0.25, 0.3) is 0 Å². The van der Waals surface area contributed by atoms with Gasteiger partial charge in [-0.1, -0.05) is 18.2 Å². The molecule has 1 fully saturated rings. The number of nitrogens with zero attached hydrogens (tertiary/aromatic N) is 2. The summed E-state index contributed by atoms with van der Waals surface area (Å²) in [4.78, 5) is 12.5. The van der Waals surface area contributed by atoms with E-state index in [4.69, 9.17) is 5.73 Å². The molecule has 0 radical (unpaired) electrons. The van der Waals surface area contributed by atoms with Crippen molar-refractivity contribution < 1.29 is 4.79 Å². The van der Waals surface area contributed by atoms with Crippen molar-refractivity contribution >= 4 is 11.6 Å². The van der Waals surface area contributed by atoms with Gasteiger partial charge in [-0.15, -0.1) is 0 Å². The number of piperidine rings is 1. The lowest BCUT2D eigenvalue weighted by Crippen LogP contribution is -2.34. The van der Waals surface area contributed by atoms with E-state index < -0.39 is 0 Å². The van der Waals surface area contributed by atoms with Gasteiger partial charge in [-0.25, -0.2) is 4.68 Å². The van der Waals surface area contributed by atoms with Crippen LogP contribution in [0.25, 0.3) is 5.69 Å². The third kappa shape index (κ3) is 2.32. The Bertz CT molecular complexity index is 600. The number of carbonyl (C=O) groups is 1. The number of para-hydroxylation sites is 1. The summed E-state index contributed by atoms with van der Waals surface area (Å²) in [6, 6.07) is 9.61. The SMILES string of the molecule is Nc1c(C(=O)[C@H]2CCCNC2)cnn1-c1ccccc1. The van der Waals surface area contributed by atoms with Crippen LogP contribution < -0.4 is 11.1 Å². The molecule has 1 aliphatic rings. The maximum absolute atomic E-state index is 12.5. The summed E-state index contributed by atoms with van der Waals surface area (Å²) in [6.07, 6.45) is 3.53. The Hall–Kier alpha value is -2.14. The Kier molecular flexibility index (Phi) is 3.52. The highest BCUT2D eigenvalue weighted by Gasteiger charge is 2.25. The van der Waals surface area contributed by atoms with Gasteiger partial charge in [0.05, 0.1) is 17.4 Å². The fourth-order valence-electron chi connectivity index (χ4n) is 2.62. The lowest BCUT2D eigenvalue weighted by atomic mass is 9.92. The van der Waals surface area contributed by atoms with Crippen molar-refractivity contribution in [3.05, 3.63) is 42.1 Å². The first-order chi connectivity index (χ1) is 9.77. The summed E-state index contributed by atoms with van der Waals surface area (Å²) in [5.41, 5.74) is 7.50. The van der Waals surface area contributed by atoms with Crippen molar-refractivity contribution in [2.45, 2.75) is 12.8 Å². The second kappa shape index (κ2) is 5.46. The predicted octanol–water partition coefficient (Wildman–Crippen LogP) is 1.64. The molecule has 0 spiro atoms. The van der Waals surface area contributed by atoms with Crippen LogP contribution in [-0.4, -0.2) is 28.7 Å². The average molecular weight is 270 g/mol. The minimum absolute atomic E-state index is 0.0134. The minimum Gasteiger partial charge on any atom is -0.383 e. The van der Waals surface area contributed by atoms with Gasteiger partial charge >= 0.3 is 0 Å². The topological polar surface area (TPSA) is 72.9 Å². The van der Waals surface area contributed by atoms with Crippen LogP contribution in [0.3, 0.4) is 0 Å². The molecule has 1 aliphatic heterocycles. The zero-order valence-corrected chi connectivity index (χ0v) is 11.2. The molecule has 2 heterocycles. The summed E-state index contributed by atoms with van der Waals surface area (Å²) in [7, 11) is 0. The number of nitrogens with two attached hydrogens (primary N) is 1. The van der Waals surface area contributed by atoms with E-state index in [2.05, 4.69) is 10.4 Å². The van der Waals surface area contributed by atoms with Gasteiger partial charge in [-0.05, 0) is 31.5 Å². The molecular formula is C15H18N4O. The zero-order valence-electron chi connectivity index (χ0n) is 11.2. The van der Waals surface area contributed by atoms with Crippen LogP contribution >= 0.6 is 0 Å². The van der Waals surface area contributed by atoms with Crippen LogP contribution in [0.15, 0.2) is 36.5 Å². The fraction of sp³-hybridized carbons (Fsp3) is 0.333. The first-order valence-corrected chi connectivity index (χ1v) is 6.91. The van der Waals surface area contributed by atoms with E-state index in [1.807, 2.05) is 30.3 Å². The Balaban J connectivity index is 1.88. The number of aromatic nitrogens is 2. The van der Waals surface area contributed by atoms with Gasteiger partial charge in [0, 0.05) is 12.5 Å². The van der Waals surface area contributed by atoms with Gasteiger partial charge in [0.15, 0.2) is 5.78 Å². The molecule has 3 N–H and O–H groups in total. The Morgan fingerprint density at radius 3 is 2.85 bits per heavy atom. The van der Waals surface area contributed by atoms with Crippen molar-refractivity contribution in [1.29, 1.82) is 0 Å². The van der Waals surface area contributed by atoms with Crippen LogP contribution in [0, 0.1) is 5.92 Å². The number of nitrogen functional groups attached to an aromatic ring is 1. The number of hydrogen-bond donors (Lipinski definition) is 2. The highest BCUT2D eigenvalue weighted by molar-refractivity contribution is 6.01. The highest BCUT2D eigenvalue weighted by Crippen LogP contribution is 2.22. The van der Waals surface area contributed by atoms with E-state index in [1.54, 1.807) is 10.9 Å². The lowest BCUT2D eigenvalue weighted by molar-refractivity contribution is 0.0900. The van der Waals surface area contributed by atoms with Gasteiger partial charge in [-0.3, -0.25) is 4.79 Å². The Labute approximate surface area is 117 Å². The molecular weight excluding hydrogens is 252 g/mol. The molecule has 0 unspecified atom stereocenters. The first-order valence-electron chi connectivity index (χ1n) is 6.91. The van der Waals surface area contributed by atoms with Gasteiger partial charge < -0.3 is 11.1 Å². The monoisotopic (exact) mass is 270 g/mol. The molecule has 3 rings (SSSR count). The number of nitrogens with one attached hydrogen (secondary N) is 1. The van der Waals surface area contributed by atoms with E-state index in [-0.39, 0.29) is 11.7 Å². The average Bonchev–Trinajstić information content (AvgIpc) is 2.90. The number of rotatable bonds is 3. The van der Waals surface area contributed by atoms with Crippen molar-refractivity contribution in [2.24, 2.45) is 5.92 Å². The molecule has 0 bridgehead atoms. The largest absolute Gasteiger partial charge is 0.383 e. The van der Waals surface area contributed by atoms with Crippen molar-refractivity contribution in [2.75, 3.05) is 18.8 Å². The number of ketones is 1. The number of anilines is 1. The van der Waals surface area contributed by atoms with Gasteiger partial charge in [0.1, 0.15) is 5.82 Å². The third-order valence-corrected chi connectivity index (χ3v) is 3.74. The molecule has 1 aromatic heterocycles. The van der Waals surface area contributed by atoms with E-state index in [9.17, 15) is 4.79 Å². The molecule has 1 saturated heterocycles. The normalized spacial score (nSPS) is 18.9. The van der Waals surface area contributed by atoms with Crippen LogP contribution in [0.1, 0.15) is 23.2 Å². The summed E-state index contributed by atoms with van der Waals surface area (Å²) >= 11 is 0. The number of benzene rings is 1. The lowest BCUT2D eigenvalue weighted by Gasteiger charge is -2.21. The predicted molar refractivity (Wildman–Crippen MR) is 77.9 cm³/mol. The maximum atomic E-state index is 12.5. The van der Waals surface area contributed by atoms with E-state index in [0.29, 0.717) is 11.4 Å². The highest BCUT2D eigenvalue weighted by atomic mass is 16.1. The van der Waals surface area contributed by atoms with Crippen LogP contribution in [0.2, 0.25) is 0 Å².